The van der Waals surface area contributed by atoms with Crippen molar-refractivity contribution in [3.05, 3.63) is 44.6 Å². The van der Waals surface area contributed by atoms with Gasteiger partial charge in [-0.15, -0.1) is 11.3 Å². The summed E-state index contributed by atoms with van der Waals surface area (Å²) in [7, 11) is 0. The van der Waals surface area contributed by atoms with E-state index in [2.05, 4.69) is 15.9 Å². The number of nitrogens with two attached hydrogens (primary N) is 1. The Morgan fingerprint density at radius 2 is 2.17 bits per heavy atom. The van der Waals surface area contributed by atoms with Crippen LogP contribution >= 0.6 is 27.3 Å². The summed E-state index contributed by atoms with van der Waals surface area (Å²) >= 11 is 4.84. The summed E-state index contributed by atoms with van der Waals surface area (Å²) in [6, 6.07) is 9.48. The number of halogens is 1. The van der Waals surface area contributed by atoms with Crippen LogP contribution in [0.3, 0.4) is 0 Å². The molecule has 0 unspecified atom stereocenters. The number of benzene rings is 1. The van der Waals surface area contributed by atoms with Crippen LogP contribution in [-0.2, 0) is 6.42 Å². The topological polar surface area (TPSA) is 46.3 Å². The molecule has 1 amide bonds. The molecule has 1 aromatic carbocycles. The smallest absolute Gasteiger partial charge is 0.268 e. The quantitative estimate of drug-likeness (QED) is 0.819. The Labute approximate surface area is 117 Å². The molecule has 1 aromatic heterocycles. The van der Waals surface area contributed by atoms with Crippen molar-refractivity contribution in [3.8, 4) is 0 Å². The second kappa shape index (κ2) is 4.40. The van der Waals surface area contributed by atoms with Crippen LogP contribution < -0.4 is 10.6 Å². The Morgan fingerprint density at radius 3 is 2.89 bits per heavy atom. The SMILES string of the molecule is Nc1ccc2c(c1)CCN2C(=O)c1ccc(Br)s1. The van der Waals surface area contributed by atoms with E-state index in [1.54, 1.807) is 0 Å². The lowest BCUT2D eigenvalue weighted by Gasteiger charge is -2.16. The molecule has 0 fully saturated rings. The minimum Gasteiger partial charge on any atom is -0.399 e. The van der Waals surface area contributed by atoms with Crippen molar-refractivity contribution in [2.24, 2.45) is 0 Å². The van der Waals surface area contributed by atoms with Gasteiger partial charge in [-0.05, 0) is 58.2 Å². The van der Waals surface area contributed by atoms with Crippen molar-refractivity contribution in [3.63, 3.8) is 0 Å². The number of carbonyl (C=O) groups excluding carboxylic acids is 1. The summed E-state index contributed by atoms with van der Waals surface area (Å²) in [6.45, 7) is 0.729. The highest BCUT2D eigenvalue weighted by Crippen LogP contribution is 2.32. The van der Waals surface area contributed by atoms with E-state index < -0.39 is 0 Å². The Balaban J connectivity index is 1.95. The summed E-state index contributed by atoms with van der Waals surface area (Å²) in [6.07, 6.45) is 0.874. The Hall–Kier alpha value is -1.33. The predicted octanol–water partition coefficient (Wildman–Crippen LogP) is 3.30. The normalized spacial score (nSPS) is 13.7. The van der Waals surface area contributed by atoms with Crippen molar-refractivity contribution < 1.29 is 4.79 Å². The molecule has 18 heavy (non-hydrogen) atoms. The number of anilines is 2. The summed E-state index contributed by atoms with van der Waals surface area (Å²) < 4.78 is 0.975. The monoisotopic (exact) mass is 322 g/mol. The Bertz CT molecular complexity index is 623. The lowest BCUT2D eigenvalue weighted by Crippen LogP contribution is -2.28. The summed E-state index contributed by atoms with van der Waals surface area (Å²) in [5.41, 5.74) is 8.65. The van der Waals surface area contributed by atoms with Crippen molar-refractivity contribution in [2.45, 2.75) is 6.42 Å². The lowest BCUT2D eigenvalue weighted by atomic mass is 10.1. The average Bonchev–Trinajstić information content (AvgIpc) is 2.94. The highest BCUT2D eigenvalue weighted by Gasteiger charge is 2.26. The van der Waals surface area contributed by atoms with Crippen molar-refractivity contribution in [1.82, 2.24) is 0 Å². The van der Waals surface area contributed by atoms with Gasteiger partial charge in [0.15, 0.2) is 0 Å². The van der Waals surface area contributed by atoms with Gasteiger partial charge in [-0.1, -0.05) is 0 Å². The average molecular weight is 323 g/mol. The first-order valence-corrected chi connectivity index (χ1v) is 7.22. The number of fused-ring (bicyclic) bond motifs is 1. The lowest BCUT2D eigenvalue weighted by molar-refractivity contribution is 0.0993. The van der Waals surface area contributed by atoms with E-state index in [1.165, 1.54) is 11.3 Å². The van der Waals surface area contributed by atoms with E-state index >= 15 is 0 Å². The molecular weight excluding hydrogens is 312 g/mol. The van der Waals surface area contributed by atoms with Gasteiger partial charge in [0.25, 0.3) is 5.91 Å². The predicted molar refractivity (Wildman–Crippen MR) is 78.3 cm³/mol. The standard InChI is InChI=1S/C13H11BrN2OS/c14-12-4-3-11(18-12)13(17)16-6-5-8-7-9(15)1-2-10(8)16/h1-4,7H,5-6,15H2. The zero-order chi connectivity index (χ0) is 12.7. The first-order chi connectivity index (χ1) is 8.65. The zero-order valence-corrected chi connectivity index (χ0v) is 11.9. The molecule has 1 aliphatic rings. The van der Waals surface area contributed by atoms with Gasteiger partial charge in [0.1, 0.15) is 0 Å². The van der Waals surface area contributed by atoms with Gasteiger partial charge >= 0.3 is 0 Å². The molecule has 2 heterocycles. The molecule has 92 valence electrons. The van der Waals surface area contributed by atoms with Gasteiger partial charge in [0.05, 0.1) is 8.66 Å². The van der Waals surface area contributed by atoms with E-state index in [4.69, 9.17) is 5.73 Å². The molecule has 5 heteroatoms. The van der Waals surface area contributed by atoms with Crippen LogP contribution in [0.15, 0.2) is 34.1 Å². The fourth-order valence-electron chi connectivity index (χ4n) is 2.19. The van der Waals surface area contributed by atoms with Gasteiger partial charge in [-0.3, -0.25) is 4.79 Å². The fourth-order valence-corrected chi connectivity index (χ4v) is 3.53. The second-order valence-electron chi connectivity index (χ2n) is 4.20. The number of nitrogen functional groups attached to an aromatic ring is 1. The first kappa shape index (κ1) is 11.7. The van der Waals surface area contributed by atoms with Gasteiger partial charge in [0, 0.05) is 17.9 Å². The molecule has 0 radical (unpaired) electrons. The molecule has 3 nitrogen and oxygen atoms in total. The Morgan fingerprint density at radius 1 is 1.33 bits per heavy atom. The number of thiophene rings is 1. The van der Waals surface area contributed by atoms with E-state index in [9.17, 15) is 4.79 Å². The van der Waals surface area contributed by atoms with Gasteiger partial charge in [-0.2, -0.15) is 0 Å². The van der Waals surface area contributed by atoms with Crippen LogP contribution in [-0.4, -0.2) is 12.5 Å². The van der Waals surface area contributed by atoms with E-state index in [1.807, 2.05) is 35.2 Å². The zero-order valence-electron chi connectivity index (χ0n) is 9.52. The van der Waals surface area contributed by atoms with Gasteiger partial charge in [0.2, 0.25) is 0 Å². The summed E-state index contributed by atoms with van der Waals surface area (Å²) in [5, 5.41) is 0. The van der Waals surface area contributed by atoms with Crippen molar-refractivity contribution in [1.29, 1.82) is 0 Å². The maximum atomic E-state index is 12.4. The van der Waals surface area contributed by atoms with E-state index in [0.717, 1.165) is 38.6 Å². The molecule has 3 rings (SSSR count). The second-order valence-corrected chi connectivity index (χ2v) is 6.66. The van der Waals surface area contributed by atoms with Crippen molar-refractivity contribution in [2.75, 3.05) is 17.2 Å². The van der Waals surface area contributed by atoms with Crippen LogP contribution in [0.1, 0.15) is 15.2 Å². The minimum atomic E-state index is 0.0641. The maximum absolute atomic E-state index is 12.4. The molecule has 0 atom stereocenters. The number of carbonyl (C=O) groups is 1. The molecule has 0 spiro atoms. The molecule has 2 aromatic rings. The van der Waals surface area contributed by atoms with Crippen molar-refractivity contribution >= 4 is 44.5 Å². The summed E-state index contributed by atoms with van der Waals surface area (Å²) in [4.78, 5) is 15.0. The molecule has 0 bridgehead atoms. The van der Waals surface area contributed by atoms with E-state index in [-0.39, 0.29) is 5.91 Å². The van der Waals surface area contributed by atoms with Gasteiger partial charge < -0.3 is 10.6 Å². The number of hydrogen-bond donors (Lipinski definition) is 1. The van der Waals surface area contributed by atoms with Crippen LogP contribution in [0.2, 0.25) is 0 Å². The summed E-state index contributed by atoms with van der Waals surface area (Å²) in [5.74, 6) is 0.0641. The highest BCUT2D eigenvalue weighted by atomic mass is 79.9. The third-order valence-corrected chi connectivity index (χ3v) is 4.64. The van der Waals surface area contributed by atoms with Gasteiger partial charge in [-0.25, -0.2) is 0 Å². The minimum absolute atomic E-state index is 0.0641. The number of nitrogens with zero attached hydrogens (tertiary/aromatic N) is 1. The van der Waals surface area contributed by atoms with Crippen LogP contribution in [0.4, 0.5) is 11.4 Å². The fraction of sp³-hybridized carbons (Fsp3) is 0.154. The number of rotatable bonds is 1. The molecule has 2 N–H and O–H groups in total. The third-order valence-electron chi connectivity index (χ3n) is 3.03. The molecule has 0 saturated carbocycles. The highest BCUT2D eigenvalue weighted by molar-refractivity contribution is 9.11. The van der Waals surface area contributed by atoms with Crippen LogP contribution in [0, 0.1) is 0 Å². The largest absolute Gasteiger partial charge is 0.399 e. The van der Waals surface area contributed by atoms with Crippen LogP contribution in [0.25, 0.3) is 0 Å². The molecular formula is C13H11BrN2OS. The number of amides is 1. The first-order valence-electron chi connectivity index (χ1n) is 5.61. The maximum Gasteiger partial charge on any atom is 0.268 e. The molecule has 1 aliphatic heterocycles. The number of hydrogen-bond acceptors (Lipinski definition) is 3. The van der Waals surface area contributed by atoms with Crippen LogP contribution in [0.5, 0.6) is 0 Å². The molecule has 0 saturated heterocycles. The Kier molecular flexibility index (Phi) is 2.87. The molecule has 0 aliphatic carbocycles. The third kappa shape index (κ3) is 1.93. The van der Waals surface area contributed by atoms with E-state index in [0.29, 0.717) is 0 Å².